The van der Waals surface area contributed by atoms with Crippen LogP contribution in [-0.4, -0.2) is 16.9 Å². The summed E-state index contributed by atoms with van der Waals surface area (Å²) in [5, 5.41) is 9.30. The number of aromatic carboxylic acids is 1. The van der Waals surface area contributed by atoms with Gasteiger partial charge in [0.15, 0.2) is 5.78 Å². The van der Waals surface area contributed by atoms with E-state index in [0.29, 0.717) is 16.9 Å². The zero-order valence-electron chi connectivity index (χ0n) is 12.4. The van der Waals surface area contributed by atoms with Gasteiger partial charge in [-0.3, -0.25) is 4.79 Å². The topological polar surface area (TPSA) is 63.6 Å². The van der Waals surface area contributed by atoms with Crippen LogP contribution >= 0.6 is 0 Å². The van der Waals surface area contributed by atoms with E-state index in [1.54, 1.807) is 18.2 Å². The van der Waals surface area contributed by atoms with E-state index in [0.717, 1.165) is 11.1 Å². The van der Waals surface area contributed by atoms with Crippen LogP contribution in [-0.2, 0) is 0 Å². The predicted octanol–water partition coefficient (Wildman–Crippen LogP) is 3.71. The number of carboxylic acid groups (broad SMARTS) is 1. The highest BCUT2D eigenvalue weighted by Crippen LogP contribution is 2.37. The fraction of sp³-hybridized carbons (Fsp3) is 0.222. The molecule has 1 N–H and O–H groups in total. The lowest BCUT2D eigenvalue weighted by Crippen LogP contribution is -2.22. The third-order valence-corrected chi connectivity index (χ3v) is 4.07. The van der Waals surface area contributed by atoms with Gasteiger partial charge in [-0.25, -0.2) is 4.79 Å². The minimum atomic E-state index is -1.02. The molecule has 1 aliphatic heterocycles. The fourth-order valence-electron chi connectivity index (χ4n) is 2.72. The van der Waals surface area contributed by atoms with Gasteiger partial charge < -0.3 is 9.84 Å². The fourth-order valence-corrected chi connectivity index (χ4v) is 2.72. The molecule has 112 valence electrons. The first-order valence-electron chi connectivity index (χ1n) is 7.10. The standard InChI is InChI=1S/C18H16O4/c1-10-7-14-15(19)9-17(22-16(14)8-11(10)2)12-5-3-4-6-13(12)18(20)21/h3-8,17H,9H2,1-2H3,(H,20,21)/t17-/m0/s1. The van der Waals surface area contributed by atoms with Gasteiger partial charge in [0.2, 0.25) is 0 Å². The minimum absolute atomic E-state index is 0.0189. The molecule has 1 atom stereocenters. The molecule has 1 heterocycles. The molecule has 0 aromatic heterocycles. The Morgan fingerprint density at radius 1 is 1.18 bits per heavy atom. The number of fused-ring (bicyclic) bond motifs is 1. The number of hydrogen-bond acceptors (Lipinski definition) is 3. The molecule has 0 unspecified atom stereocenters. The van der Waals surface area contributed by atoms with E-state index >= 15 is 0 Å². The van der Waals surface area contributed by atoms with E-state index in [9.17, 15) is 14.7 Å². The molecule has 4 heteroatoms. The Hall–Kier alpha value is -2.62. The highest BCUT2D eigenvalue weighted by atomic mass is 16.5. The van der Waals surface area contributed by atoms with E-state index in [1.165, 1.54) is 6.07 Å². The van der Waals surface area contributed by atoms with Crippen molar-refractivity contribution in [2.75, 3.05) is 0 Å². The largest absolute Gasteiger partial charge is 0.484 e. The van der Waals surface area contributed by atoms with E-state index in [1.807, 2.05) is 26.0 Å². The molecular formula is C18H16O4. The predicted molar refractivity (Wildman–Crippen MR) is 81.6 cm³/mol. The second kappa shape index (κ2) is 5.30. The van der Waals surface area contributed by atoms with Crippen LogP contribution in [0.1, 0.15) is 49.9 Å². The second-order valence-corrected chi connectivity index (χ2v) is 5.56. The van der Waals surface area contributed by atoms with Crippen molar-refractivity contribution in [3.63, 3.8) is 0 Å². The van der Waals surface area contributed by atoms with Gasteiger partial charge in [0.25, 0.3) is 0 Å². The van der Waals surface area contributed by atoms with Gasteiger partial charge in [0.05, 0.1) is 17.5 Å². The van der Waals surface area contributed by atoms with Gasteiger partial charge in [0, 0.05) is 5.56 Å². The SMILES string of the molecule is Cc1cc2c(cc1C)C(=O)C[C@@H](c1ccccc1C(=O)O)O2. The van der Waals surface area contributed by atoms with E-state index < -0.39 is 12.1 Å². The van der Waals surface area contributed by atoms with E-state index in [4.69, 9.17) is 4.74 Å². The molecule has 1 aliphatic rings. The van der Waals surface area contributed by atoms with Crippen molar-refractivity contribution in [2.45, 2.75) is 26.4 Å². The molecule has 0 saturated heterocycles. The van der Waals surface area contributed by atoms with Crippen LogP contribution in [0.25, 0.3) is 0 Å². The average Bonchev–Trinajstić information content (AvgIpc) is 2.49. The van der Waals surface area contributed by atoms with Crippen molar-refractivity contribution in [3.8, 4) is 5.75 Å². The number of carboxylic acids is 1. The summed E-state index contributed by atoms with van der Waals surface area (Å²) in [5.41, 5.74) is 3.37. The lowest BCUT2D eigenvalue weighted by atomic mass is 9.92. The molecule has 0 radical (unpaired) electrons. The zero-order chi connectivity index (χ0) is 15.9. The van der Waals surface area contributed by atoms with Crippen LogP contribution in [0.3, 0.4) is 0 Å². The van der Waals surface area contributed by atoms with Crippen LogP contribution in [0, 0.1) is 13.8 Å². The van der Waals surface area contributed by atoms with E-state index in [-0.39, 0.29) is 17.8 Å². The first-order chi connectivity index (χ1) is 10.5. The summed E-state index contributed by atoms with van der Waals surface area (Å²) in [4.78, 5) is 23.7. The number of hydrogen-bond donors (Lipinski definition) is 1. The Balaban J connectivity index is 2.05. The summed E-state index contributed by atoms with van der Waals surface area (Å²) in [7, 11) is 0. The smallest absolute Gasteiger partial charge is 0.336 e. The average molecular weight is 296 g/mol. The normalized spacial score (nSPS) is 16.8. The van der Waals surface area contributed by atoms with Crippen molar-refractivity contribution in [1.82, 2.24) is 0 Å². The Kier molecular flexibility index (Phi) is 3.45. The first kappa shape index (κ1) is 14.3. The third kappa shape index (κ3) is 2.37. The lowest BCUT2D eigenvalue weighted by Gasteiger charge is -2.27. The van der Waals surface area contributed by atoms with Crippen molar-refractivity contribution in [2.24, 2.45) is 0 Å². The van der Waals surface area contributed by atoms with Crippen molar-refractivity contribution in [1.29, 1.82) is 0 Å². The molecule has 0 saturated carbocycles. The third-order valence-electron chi connectivity index (χ3n) is 4.07. The molecule has 4 nitrogen and oxygen atoms in total. The molecule has 0 spiro atoms. The molecule has 22 heavy (non-hydrogen) atoms. The van der Waals surface area contributed by atoms with Gasteiger partial charge in [0.1, 0.15) is 11.9 Å². The summed E-state index contributed by atoms with van der Waals surface area (Å²) in [6.45, 7) is 3.91. The van der Waals surface area contributed by atoms with Crippen LogP contribution in [0.15, 0.2) is 36.4 Å². The summed E-state index contributed by atoms with van der Waals surface area (Å²) in [6.07, 6.45) is -0.408. The van der Waals surface area contributed by atoms with Gasteiger partial charge in [-0.05, 0) is 43.2 Å². The van der Waals surface area contributed by atoms with E-state index in [2.05, 4.69) is 0 Å². The maximum Gasteiger partial charge on any atom is 0.336 e. The highest BCUT2D eigenvalue weighted by molar-refractivity contribution is 6.00. The van der Waals surface area contributed by atoms with Crippen LogP contribution < -0.4 is 4.74 Å². The van der Waals surface area contributed by atoms with Gasteiger partial charge in [-0.2, -0.15) is 0 Å². The number of carbonyl (C=O) groups excluding carboxylic acids is 1. The Bertz CT molecular complexity index is 777. The summed E-state index contributed by atoms with van der Waals surface area (Å²) in [6, 6.07) is 10.3. The molecule has 0 aliphatic carbocycles. The molecule has 2 aromatic carbocycles. The molecular weight excluding hydrogens is 280 g/mol. The lowest BCUT2D eigenvalue weighted by molar-refractivity contribution is 0.0682. The van der Waals surface area contributed by atoms with Crippen LogP contribution in [0.2, 0.25) is 0 Å². The number of aryl methyl sites for hydroxylation is 2. The number of Topliss-reactive ketones (excluding diaryl/α,β-unsaturated/α-hetero) is 1. The quantitative estimate of drug-likeness (QED) is 0.917. The zero-order valence-corrected chi connectivity index (χ0v) is 12.4. The van der Waals surface area contributed by atoms with Crippen molar-refractivity contribution in [3.05, 3.63) is 64.2 Å². The van der Waals surface area contributed by atoms with Crippen molar-refractivity contribution >= 4 is 11.8 Å². The molecule has 0 fully saturated rings. The second-order valence-electron chi connectivity index (χ2n) is 5.56. The number of ketones is 1. The monoisotopic (exact) mass is 296 g/mol. The summed E-state index contributed by atoms with van der Waals surface area (Å²) in [5.74, 6) is -0.503. The van der Waals surface area contributed by atoms with Crippen LogP contribution in [0.5, 0.6) is 5.75 Å². The number of carbonyl (C=O) groups is 2. The minimum Gasteiger partial charge on any atom is -0.484 e. The van der Waals surface area contributed by atoms with Gasteiger partial charge in [-0.1, -0.05) is 18.2 Å². The molecule has 0 amide bonds. The summed E-state index contributed by atoms with van der Waals surface area (Å²) >= 11 is 0. The maximum atomic E-state index is 12.4. The Morgan fingerprint density at radius 3 is 2.59 bits per heavy atom. The highest BCUT2D eigenvalue weighted by Gasteiger charge is 2.30. The number of rotatable bonds is 2. The number of ether oxygens (including phenoxy) is 1. The molecule has 2 aromatic rings. The van der Waals surface area contributed by atoms with Gasteiger partial charge in [-0.15, -0.1) is 0 Å². The number of benzene rings is 2. The Labute approximate surface area is 128 Å². The van der Waals surface area contributed by atoms with Gasteiger partial charge >= 0.3 is 5.97 Å². The maximum absolute atomic E-state index is 12.4. The Morgan fingerprint density at radius 2 is 1.86 bits per heavy atom. The first-order valence-corrected chi connectivity index (χ1v) is 7.10. The molecule has 3 rings (SSSR count). The molecule has 0 bridgehead atoms. The van der Waals surface area contributed by atoms with Crippen molar-refractivity contribution < 1.29 is 19.4 Å². The van der Waals surface area contributed by atoms with Crippen LogP contribution in [0.4, 0.5) is 0 Å². The summed E-state index contributed by atoms with van der Waals surface area (Å²) < 4.78 is 5.93.